The predicted octanol–water partition coefficient (Wildman–Crippen LogP) is 3.20. The van der Waals surface area contributed by atoms with E-state index in [-0.39, 0.29) is 0 Å². The van der Waals surface area contributed by atoms with Crippen molar-refractivity contribution in [1.29, 1.82) is 0 Å². The Balaban J connectivity index is 0. The van der Waals surface area contributed by atoms with E-state index in [1.54, 1.807) is 6.08 Å². The van der Waals surface area contributed by atoms with Gasteiger partial charge in [0.2, 0.25) is 0 Å². The molecule has 0 N–H and O–H groups in total. The van der Waals surface area contributed by atoms with Crippen LogP contribution in [0.25, 0.3) is 6.08 Å². The van der Waals surface area contributed by atoms with Crippen LogP contribution in [-0.4, -0.2) is 9.55 Å². The van der Waals surface area contributed by atoms with E-state index in [9.17, 15) is 0 Å². The topological polar surface area (TPSA) is 17.8 Å². The molecule has 0 radical (unpaired) electrons. The Morgan fingerprint density at radius 3 is 2.00 bits per heavy atom. The molecule has 0 aromatic carbocycles. The highest BCUT2D eigenvalue weighted by atomic mass is 15.0. The SMILES string of the molecule is C=C.C=Cc1nc(C)cn1C.CC. The fraction of sp³-hybridized carbons (Fsp3) is 0.364. The van der Waals surface area contributed by atoms with E-state index in [1.165, 1.54) is 0 Å². The van der Waals surface area contributed by atoms with Crippen molar-refractivity contribution in [2.45, 2.75) is 20.8 Å². The van der Waals surface area contributed by atoms with Crippen LogP contribution in [-0.2, 0) is 7.05 Å². The van der Waals surface area contributed by atoms with Gasteiger partial charge in [0.15, 0.2) is 0 Å². The van der Waals surface area contributed by atoms with Crippen molar-refractivity contribution >= 4 is 6.08 Å². The molecule has 74 valence electrons. The standard InChI is InChI=1S/C7H10N2.C2H6.C2H4/c1-4-7-8-6(2)5-9(7)3;2*1-2/h4-5H,1H2,2-3H3;1-2H3;1-2H2. The van der Waals surface area contributed by atoms with Crippen LogP contribution in [0.2, 0.25) is 0 Å². The smallest absolute Gasteiger partial charge is 0.132 e. The van der Waals surface area contributed by atoms with E-state index in [1.807, 2.05) is 38.6 Å². The van der Waals surface area contributed by atoms with Gasteiger partial charge in [0, 0.05) is 13.2 Å². The summed E-state index contributed by atoms with van der Waals surface area (Å²) in [5.41, 5.74) is 1.03. The second-order valence-electron chi connectivity index (χ2n) is 2.06. The average molecular weight is 180 g/mol. The Hall–Kier alpha value is -1.31. The fourth-order valence-corrected chi connectivity index (χ4v) is 0.824. The molecule has 0 amide bonds. The quantitative estimate of drug-likeness (QED) is 0.607. The average Bonchev–Trinajstić information content (AvgIpc) is 2.51. The van der Waals surface area contributed by atoms with E-state index >= 15 is 0 Å². The zero-order valence-electron chi connectivity index (χ0n) is 9.17. The summed E-state index contributed by atoms with van der Waals surface area (Å²) in [6.07, 6.45) is 3.71. The minimum atomic E-state index is 0.924. The van der Waals surface area contributed by atoms with Gasteiger partial charge < -0.3 is 4.57 Å². The van der Waals surface area contributed by atoms with Crippen LogP contribution in [0.1, 0.15) is 25.4 Å². The number of imidazole rings is 1. The second-order valence-corrected chi connectivity index (χ2v) is 2.06. The zero-order chi connectivity index (χ0) is 10.9. The number of hydrogen-bond donors (Lipinski definition) is 0. The zero-order valence-corrected chi connectivity index (χ0v) is 9.17. The van der Waals surface area contributed by atoms with Crippen LogP contribution in [0.3, 0.4) is 0 Å². The fourth-order valence-electron chi connectivity index (χ4n) is 0.824. The van der Waals surface area contributed by atoms with Crippen LogP contribution in [0.4, 0.5) is 0 Å². The maximum Gasteiger partial charge on any atom is 0.132 e. The molecule has 0 aliphatic carbocycles. The van der Waals surface area contributed by atoms with Crippen molar-refractivity contribution in [1.82, 2.24) is 9.55 Å². The van der Waals surface area contributed by atoms with Crippen molar-refractivity contribution in [3.63, 3.8) is 0 Å². The first-order chi connectivity index (χ1) is 6.24. The first-order valence-corrected chi connectivity index (χ1v) is 4.36. The molecule has 0 saturated heterocycles. The Bertz CT molecular complexity index is 236. The highest BCUT2D eigenvalue weighted by Gasteiger charge is 1.94. The van der Waals surface area contributed by atoms with Gasteiger partial charge in [-0.1, -0.05) is 20.4 Å². The maximum absolute atomic E-state index is 4.17. The normalized spacial score (nSPS) is 7.38. The summed E-state index contributed by atoms with van der Waals surface area (Å²) in [6.45, 7) is 15.6. The predicted molar refractivity (Wildman–Crippen MR) is 60.6 cm³/mol. The first-order valence-electron chi connectivity index (χ1n) is 4.36. The molecule has 1 heterocycles. The van der Waals surface area contributed by atoms with E-state index < -0.39 is 0 Å². The molecule has 0 unspecified atom stereocenters. The van der Waals surface area contributed by atoms with Gasteiger partial charge in [0.25, 0.3) is 0 Å². The summed E-state index contributed by atoms with van der Waals surface area (Å²) >= 11 is 0. The van der Waals surface area contributed by atoms with Gasteiger partial charge in [-0.2, -0.15) is 0 Å². The molecule has 0 bridgehead atoms. The van der Waals surface area contributed by atoms with Gasteiger partial charge in [-0.3, -0.25) is 0 Å². The molecule has 1 aromatic heterocycles. The van der Waals surface area contributed by atoms with E-state index in [0.29, 0.717) is 0 Å². The van der Waals surface area contributed by atoms with Crippen LogP contribution < -0.4 is 0 Å². The monoisotopic (exact) mass is 180 g/mol. The molecular weight excluding hydrogens is 160 g/mol. The molecule has 1 rings (SSSR count). The molecular formula is C11H20N2. The minimum Gasteiger partial charge on any atom is -0.334 e. The maximum atomic E-state index is 4.17. The number of aryl methyl sites for hydroxylation is 2. The highest BCUT2D eigenvalue weighted by Crippen LogP contribution is 1.99. The Kier molecular flexibility index (Phi) is 9.61. The summed E-state index contributed by atoms with van der Waals surface area (Å²) < 4.78 is 1.95. The number of rotatable bonds is 1. The molecule has 0 aliphatic heterocycles. The summed E-state index contributed by atoms with van der Waals surface area (Å²) in [4.78, 5) is 4.17. The molecule has 2 nitrogen and oxygen atoms in total. The molecule has 1 aromatic rings. The van der Waals surface area contributed by atoms with Crippen molar-refractivity contribution in [3.8, 4) is 0 Å². The molecule has 0 aliphatic rings. The largest absolute Gasteiger partial charge is 0.334 e. The summed E-state index contributed by atoms with van der Waals surface area (Å²) in [7, 11) is 1.96. The Morgan fingerprint density at radius 1 is 1.38 bits per heavy atom. The van der Waals surface area contributed by atoms with Crippen LogP contribution in [0, 0.1) is 6.92 Å². The minimum absolute atomic E-state index is 0.924. The summed E-state index contributed by atoms with van der Waals surface area (Å²) in [5, 5.41) is 0. The lowest BCUT2D eigenvalue weighted by Gasteiger charge is -1.89. The van der Waals surface area contributed by atoms with E-state index in [2.05, 4.69) is 24.7 Å². The van der Waals surface area contributed by atoms with Gasteiger partial charge in [0.1, 0.15) is 5.82 Å². The number of hydrogen-bond acceptors (Lipinski definition) is 1. The number of aromatic nitrogens is 2. The lowest BCUT2D eigenvalue weighted by atomic mass is 10.6. The van der Waals surface area contributed by atoms with Crippen molar-refractivity contribution < 1.29 is 0 Å². The molecule has 2 heteroatoms. The third kappa shape index (κ3) is 5.01. The van der Waals surface area contributed by atoms with Crippen LogP contribution in [0.15, 0.2) is 25.9 Å². The van der Waals surface area contributed by atoms with Gasteiger partial charge >= 0.3 is 0 Å². The second kappa shape index (κ2) is 8.78. The Labute approximate surface area is 81.6 Å². The number of nitrogens with zero attached hydrogens (tertiary/aromatic N) is 2. The van der Waals surface area contributed by atoms with Gasteiger partial charge in [-0.25, -0.2) is 4.98 Å². The van der Waals surface area contributed by atoms with Gasteiger partial charge in [-0.05, 0) is 13.0 Å². The summed E-state index contributed by atoms with van der Waals surface area (Å²) in [6, 6.07) is 0. The lowest BCUT2D eigenvalue weighted by molar-refractivity contribution is 0.897. The lowest BCUT2D eigenvalue weighted by Crippen LogP contribution is -1.87. The van der Waals surface area contributed by atoms with E-state index in [4.69, 9.17) is 0 Å². The third-order valence-corrected chi connectivity index (χ3v) is 1.22. The molecule has 13 heavy (non-hydrogen) atoms. The van der Waals surface area contributed by atoms with Crippen LogP contribution >= 0.6 is 0 Å². The molecule has 0 fully saturated rings. The van der Waals surface area contributed by atoms with E-state index in [0.717, 1.165) is 11.5 Å². The molecule has 0 atom stereocenters. The molecule has 0 spiro atoms. The van der Waals surface area contributed by atoms with Gasteiger partial charge in [0.05, 0.1) is 5.69 Å². The van der Waals surface area contributed by atoms with Gasteiger partial charge in [-0.15, -0.1) is 13.2 Å². The van der Waals surface area contributed by atoms with Crippen molar-refractivity contribution in [3.05, 3.63) is 37.5 Å². The van der Waals surface area contributed by atoms with Crippen molar-refractivity contribution in [2.75, 3.05) is 0 Å². The van der Waals surface area contributed by atoms with Crippen LogP contribution in [0.5, 0.6) is 0 Å². The molecule has 0 saturated carbocycles. The third-order valence-electron chi connectivity index (χ3n) is 1.22. The first kappa shape index (κ1) is 14.2. The highest BCUT2D eigenvalue weighted by molar-refractivity contribution is 5.37. The Morgan fingerprint density at radius 2 is 1.85 bits per heavy atom. The van der Waals surface area contributed by atoms with Crippen molar-refractivity contribution in [2.24, 2.45) is 7.05 Å². The summed E-state index contributed by atoms with van der Waals surface area (Å²) in [5.74, 6) is 0.924.